The van der Waals surface area contributed by atoms with Crippen molar-refractivity contribution in [3.05, 3.63) is 0 Å². The van der Waals surface area contributed by atoms with Crippen molar-refractivity contribution in [3.8, 4) is 0 Å². The highest BCUT2D eigenvalue weighted by Crippen LogP contribution is 2.52. The van der Waals surface area contributed by atoms with E-state index < -0.39 is 0 Å². The summed E-state index contributed by atoms with van der Waals surface area (Å²) in [6.07, 6.45) is 14.9. The molecule has 0 nitrogen and oxygen atoms in total. The van der Waals surface area contributed by atoms with Crippen LogP contribution < -0.4 is 0 Å². The molecule has 0 aromatic heterocycles. The average molecular weight is 293 g/mol. The Hall–Kier alpha value is 0. The summed E-state index contributed by atoms with van der Waals surface area (Å²) in [6, 6.07) is 0. The quantitative estimate of drug-likeness (QED) is 0.459. The standard InChI is InChI=1S/C21H40/c1-6-16(7-2)20(8-3)18-12-10-9-11-17(13-18)19-14-21(4,5)15-19/h16-20H,6-15H2,1-5H3. The van der Waals surface area contributed by atoms with Gasteiger partial charge in [0.05, 0.1) is 0 Å². The molecule has 0 aliphatic heterocycles. The lowest BCUT2D eigenvalue weighted by atomic mass is 9.58. The molecule has 0 aromatic carbocycles. The first-order chi connectivity index (χ1) is 10.0. The molecule has 2 rings (SSSR count). The van der Waals surface area contributed by atoms with E-state index in [9.17, 15) is 0 Å². The number of hydrogen-bond acceptors (Lipinski definition) is 0. The van der Waals surface area contributed by atoms with E-state index in [1.165, 1.54) is 57.8 Å². The first kappa shape index (κ1) is 17.4. The molecule has 2 saturated carbocycles. The van der Waals surface area contributed by atoms with Crippen LogP contribution in [0.3, 0.4) is 0 Å². The van der Waals surface area contributed by atoms with Crippen LogP contribution in [-0.2, 0) is 0 Å². The van der Waals surface area contributed by atoms with E-state index in [1.54, 1.807) is 6.42 Å². The van der Waals surface area contributed by atoms with Crippen LogP contribution in [0.2, 0.25) is 0 Å². The molecule has 0 spiro atoms. The van der Waals surface area contributed by atoms with Crippen LogP contribution in [0.1, 0.15) is 98.8 Å². The minimum absolute atomic E-state index is 0.659. The molecule has 0 heteroatoms. The Morgan fingerprint density at radius 1 is 0.857 bits per heavy atom. The second-order valence-corrected chi connectivity index (χ2v) is 9.02. The lowest BCUT2D eigenvalue weighted by Crippen LogP contribution is -2.37. The monoisotopic (exact) mass is 292 g/mol. The Morgan fingerprint density at radius 2 is 1.48 bits per heavy atom. The van der Waals surface area contributed by atoms with Crippen molar-refractivity contribution in [3.63, 3.8) is 0 Å². The van der Waals surface area contributed by atoms with Gasteiger partial charge in [-0.15, -0.1) is 0 Å². The topological polar surface area (TPSA) is 0 Å². The van der Waals surface area contributed by atoms with Crippen LogP contribution in [0, 0.1) is 35.0 Å². The van der Waals surface area contributed by atoms with Gasteiger partial charge in [-0.2, -0.15) is 0 Å². The maximum atomic E-state index is 2.47. The van der Waals surface area contributed by atoms with Crippen LogP contribution in [0.5, 0.6) is 0 Å². The van der Waals surface area contributed by atoms with Gasteiger partial charge in [-0.05, 0) is 54.3 Å². The van der Waals surface area contributed by atoms with Gasteiger partial charge in [0, 0.05) is 0 Å². The van der Waals surface area contributed by atoms with E-state index in [2.05, 4.69) is 34.6 Å². The van der Waals surface area contributed by atoms with Crippen molar-refractivity contribution in [2.75, 3.05) is 0 Å². The highest BCUT2D eigenvalue weighted by atomic mass is 14.5. The molecular weight excluding hydrogens is 252 g/mol. The van der Waals surface area contributed by atoms with E-state index >= 15 is 0 Å². The summed E-state index contributed by atoms with van der Waals surface area (Å²) in [6.45, 7) is 12.2. The van der Waals surface area contributed by atoms with Crippen molar-refractivity contribution in [2.45, 2.75) is 98.8 Å². The van der Waals surface area contributed by atoms with Crippen molar-refractivity contribution in [1.82, 2.24) is 0 Å². The van der Waals surface area contributed by atoms with Crippen molar-refractivity contribution >= 4 is 0 Å². The van der Waals surface area contributed by atoms with Crippen molar-refractivity contribution < 1.29 is 0 Å². The highest BCUT2D eigenvalue weighted by Gasteiger charge is 2.42. The number of rotatable bonds is 6. The normalized spacial score (nSPS) is 31.7. The second-order valence-electron chi connectivity index (χ2n) is 9.02. The van der Waals surface area contributed by atoms with Gasteiger partial charge >= 0.3 is 0 Å². The van der Waals surface area contributed by atoms with Crippen LogP contribution in [0.15, 0.2) is 0 Å². The minimum atomic E-state index is 0.659. The summed E-state index contributed by atoms with van der Waals surface area (Å²) >= 11 is 0. The van der Waals surface area contributed by atoms with Crippen LogP contribution in [0.25, 0.3) is 0 Å². The van der Waals surface area contributed by atoms with E-state index in [0.29, 0.717) is 5.41 Å². The minimum Gasteiger partial charge on any atom is -0.0651 e. The van der Waals surface area contributed by atoms with Crippen molar-refractivity contribution in [1.29, 1.82) is 0 Å². The SMILES string of the molecule is CCC(CC)C(CC)C1CCCCC(C2CC(C)(C)C2)C1. The molecule has 0 radical (unpaired) electrons. The van der Waals surface area contributed by atoms with Crippen LogP contribution in [-0.4, -0.2) is 0 Å². The third kappa shape index (κ3) is 4.26. The van der Waals surface area contributed by atoms with E-state index in [1.807, 2.05) is 0 Å². The van der Waals surface area contributed by atoms with E-state index in [-0.39, 0.29) is 0 Å². The zero-order valence-electron chi connectivity index (χ0n) is 15.5. The fourth-order valence-corrected chi connectivity index (χ4v) is 5.89. The molecule has 0 amide bonds. The summed E-state index contributed by atoms with van der Waals surface area (Å²) in [5, 5.41) is 0. The first-order valence-electron chi connectivity index (χ1n) is 10.0. The fraction of sp³-hybridized carbons (Fsp3) is 1.00. The second kappa shape index (κ2) is 7.51. The molecule has 2 fully saturated rings. The van der Waals surface area contributed by atoms with Gasteiger partial charge in [-0.1, -0.05) is 79.6 Å². The Bertz CT molecular complexity index is 291. The molecule has 0 heterocycles. The van der Waals surface area contributed by atoms with Gasteiger partial charge < -0.3 is 0 Å². The van der Waals surface area contributed by atoms with Crippen LogP contribution >= 0.6 is 0 Å². The van der Waals surface area contributed by atoms with Gasteiger partial charge in [-0.25, -0.2) is 0 Å². The zero-order chi connectivity index (χ0) is 15.5. The van der Waals surface area contributed by atoms with Gasteiger partial charge in [0.2, 0.25) is 0 Å². The average Bonchev–Trinajstić information content (AvgIpc) is 2.67. The lowest BCUT2D eigenvalue weighted by molar-refractivity contribution is 0.0306. The number of hydrogen-bond donors (Lipinski definition) is 0. The predicted molar refractivity (Wildman–Crippen MR) is 94.4 cm³/mol. The van der Waals surface area contributed by atoms with Gasteiger partial charge in [-0.3, -0.25) is 0 Å². The summed E-state index contributed by atoms with van der Waals surface area (Å²) in [5.74, 6) is 5.16. The van der Waals surface area contributed by atoms with Gasteiger partial charge in [0.25, 0.3) is 0 Å². The fourth-order valence-electron chi connectivity index (χ4n) is 5.89. The lowest BCUT2D eigenvalue weighted by Gasteiger charge is -2.47. The molecule has 3 unspecified atom stereocenters. The largest absolute Gasteiger partial charge is 0.0651 e. The molecule has 21 heavy (non-hydrogen) atoms. The Labute approximate surface area is 134 Å². The molecule has 2 aliphatic rings. The molecule has 0 aromatic rings. The predicted octanol–water partition coefficient (Wildman–Crippen LogP) is 7.08. The highest BCUT2D eigenvalue weighted by molar-refractivity contribution is 4.92. The third-order valence-electron chi connectivity index (χ3n) is 7.03. The maximum Gasteiger partial charge on any atom is -0.0349 e. The smallest absolute Gasteiger partial charge is 0.0349 e. The molecular formula is C21H40. The first-order valence-corrected chi connectivity index (χ1v) is 10.0. The molecule has 0 saturated heterocycles. The zero-order valence-corrected chi connectivity index (χ0v) is 15.5. The maximum absolute atomic E-state index is 2.47. The molecule has 0 bridgehead atoms. The van der Waals surface area contributed by atoms with E-state index in [4.69, 9.17) is 0 Å². The molecule has 2 aliphatic carbocycles. The molecule has 0 N–H and O–H groups in total. The Morgan fingerprint density at radius 3 is 2.00 bits per heavy atom. The summed E-state index contributed by atoms with van der Waals surface area (Å²) in [7, 11) is 0. The molecule has 3 atom stereocenters. The van der Waals surface area contributed by atoms with Gasteiger partial charge in [0.1, 0.15) is 0 Å². The van der Waals surface area contributed by atoms with E-state index in [0.717, 1.165) is 29.6 Å². The third-order valence-corrected chi connectivity index (χ3v) is 7.03. The molecule has 124 valence electrons. The van der Waals surface area contributed by atoms with Crippen molar-refractivity contribution in [2.24, 2.45) is 35.0 Å². The van der Waals surface area contributed by atoms with Crippen LogP contribution in [0.4, 0.5) is 0 Å². The van der Waals surface area contributed by atoms with Gasteiger partial charge in [0.15, 0.2) is 0 Å². The Kier molecular flexibility index (Phi) is 6.21. The summed E-state index contributed by atoms with van der Waals surface area (Å²) in [5.41, 5.74) is 0.659. The summed E-state index contributed by atoms with van der Waals surface area (Å²) in [4.78, 5) is 0. The summed E-state index contributed by atoms with van der Waals surface area (Å²) < 4.78 is 0. The Balaban J connectivity index is 1.98.